The van der Waals surface area contributed by atoms with Crippen LogP contribution < -0.4 is 5.32 Å². The van der Waals surface area contributed by atoms with Crippen molar-refractivity contribution in [2.24, 2.45) is 5.92 Å². The van der Waals surface area contributed by atoms with Gasteiger partial charge in [0.05, 0.1) is 14.2 Å². The molecule has 0 radical (unpaired) electrons. The Bertz CT molecular complexity index is 724. The van der Waals surface area contributed by atoms with Gasteiger partial charge in [-0.25, -0.2) is 0 Å². The predicted octanol–water partition coefficient (Wildman–Crippen LogP) is 0.936. The third-order valence-corrected chi connectivity index (χ3v) is 4.39. The smallest absolute Gasteiger partial charge is 0.268 e. The molecule has 1 saturated heterocycles. The fraction of sp³-hybridized carbons (Fsp3) is 0.389. The second-order valence-electron chi connectivity index (χ2n) is 5.91. The Hall–Kier alpha value is -2.67. The minimum absolute atomic E-state index is 0.0173. The lowest BCUT2D eigenvalue weighted by atomic mass is 9.92. The summed E-state index contributed by atoms with van der Waals surface area (Å²) in [6.45, 7) is 1.66. The Morgan fingerprint density at radius 1 is 0.960 bits per heavy atom. The summed E-state index contributed by atoms with van der Waals surface area (Å²) in [7, 11) is 2.69. The van der Waals surface area contributed by atoms with Crippen LogP contribution in [0, 0.1) is 5.92 Å². The van der Waals surface area contributed by atoms with Crippen LogP contribution in [0.2, 0.25) is 0 Å². The molecule has 0 amide bonds. The molecule has 3 aliphatic rings. The standard InChI is InChI=1S/C18H19NO6/c1-23-14-7-11(8-15(24-2)17(14)22)18-16(21)12(20)9-13(25-18)10-3-5-19-6-4-10/h7-10,19H,3-6H2,1-2H3. The molecule has 7 heteroatoms. The molecule has 0 aromatic carbocycles. The number of ether oxygens (including phenoxy) is 3. The van der Waals surface area contributed by atoms with Crippen LogP contribution in [0.5, 0.6) is 0 Å². The van der Waals surface area contributed by atoms with E-state index in [4.69, 9.17) is 14.2 Å². The lowest BCUT2D eigenvalue weighted by Gasteiger charge is -2.28. The van der Waals surface area contributed by atoms with Crippen molar-refractivity contribution >= 4 is 17.3 Å². The number of carbonyl (C=O) groups excluding carboxylic acids is 3. The first-order valence-corrected chi connectivity index (χ1v) is 8.04. The van der Waals surface area contributed by atoms with Crippen LogP contribution in [-0.2, 0) is 28.6 Å². The number of carbonyl (C=O) groups is 3. The van der Waals surface area contributed by atoms with Crippen molar-refractivity contribution in [3.8, 4) is 0 Å². The lowest BCUT2D eigenvalue weighted by molar-refractivity contribution is -0.134. The van der Waals surface area contributed by atoms with Crippen molar-refractivity contribution in [3.05, 3.63) is 46.8 Å². The summed E-state index contributed by atoms with van der Waals surface area (Å²) in [5, 5.41) is 3.24. The Labute approximate surface area is 145 Å². The van der Waals surface area contributed by atoms with Crippen LogP contribution in [0.15, 0.2) is 46.8 Å². The quantitative estimate of drug-likeness (QED) is 0.601. The van der Waals surface area contributed by atoms with Crippen molar-refractivity contribution in [3.63, 3.8) is 0 Å². The first kappa shape index (κ1) is 17.2. The molecule has 2 heterocycles. The van der Waals surface area contributed by atoms with Gasteiger partial charge in [0.2, 0.25) is 5.78 Å². The first-order chi connectivity index (χ1) is 12.0. The van der Waals surface area contributed by atoms with Gasteiger partial charge in [-0.05, 0) is 38.1 Å². The molecule has 2 aliphatic heterocycles. The van der Waals surface area contributed by atoms with Crippen LogP contribution in [0.25, 0.3) is 0 Å². The highest BCUT2D eigenvalue weighted by molar-refractivity contribution is 6.47. The number of allylic oxidation sites excluding steroid dienone is 6. The summed E-state index contributed by atoms with van der Waals surface area (Å²) in [5.74, 6) is -1.30. The van der Waals surface area contributed by atoms with Gasteiger partial charge in [0.15, 0.2) is 17.3 Å². The second-order valence-corrected chi connectivity index (χ2v) is 5.91. The summed E-state index contributed by atoms with van der Waals surface area (Å²) >= 11 is 0. The van der Waals surface area contributed by atoms with E-state index in [1.165, 1.54) is 32.4 Å². The normalized spacial score (nSPS) is 22.2. The van der Waals surface area contributed by atoms with E-state index in [1.807, 2.05) is 0 Å². The Balaban J connectivity index is 2.01. The van der Waals surface area contributed by atoms with Gasteiger partial charge in [-0.2, -0.15) is 0 Å². The van der Waals surface area contributed by atoms with Gasteiger partial charge in [0.1, 0.15) is 5.76 Å². The van der Waals surface area contributed by atoms with E-state index in [-0.39, 0.29) is 28.8 Å². The first-order valence-electron chi connectivity index (χ1n) is 8.04. The highest BCUT2D eigenvalue weighted by atomic mass is 16.5. The summed E-state index contributed by atoms with van der Waals surface area (Å²) in [5.41, 5.74) is 0.284. The fourth-order valence-corrected chi connectivity index (χ4v) is 3.01. The van der Waals surface area contributed by atoms with E-state index >= 15 is 0 Å². The molecule has 25 heavy (non-hydrogen) atoms. The van der Waals surface area contributed by atoms with Gasteiger partial charge < -0.3 is 19.5 Å². The topological polar surface area (TPSA) is 90.9 Å². The number of Topliss-reactive ketones (excluding diaryl/α,β-unsaturated/α-hetero) is 2. The number of methoxy groups -OCH3 is 2. The average Bonchev–Trinajstić information content (AvgIpc) is 2.65. The van der Waals surface area contributed by atoms with Gasteiger partial charge >= 0.3 is 0 Å². The molecule has 132 valence electrons. The summed E-state index contributed by atoms with van der Waals surface area (Å²) < 4.78 is 15.9. The van der Waals surface area contributed by atoms with Crippen LogP contribution in [0.4, 0.5) is 0 Å². The number of hydrogen-bond acceptors (Lipinski definition) is 7. The number of ketones is 3. The number of nitrogens with one attached hydrogen (secondary N) is 1. The zero-order valence-electron chi connectivity index (χ0n) is 14.1. The van der Waals surface area contributed by atoms with Crippen molar-refractivity contribution in [2.75, 3.05) is 27.3 Å². The second kappa shape index (κ2) is 7.06. The van der Waals surface area contributed by atoms with Gasteiger partial charge in [0, 0.05) is 17.6 Å². The van der Waals surface area contributed by atoms with E-state index in [0.29, 0.717) is 5.76 Å². The maximum Gasteiger partial charge on any atom is 0.268 e. The molecule has 1 N–H and O–H groups in total. The van der Waals surface area contributed by atoms with Crippen LogP contribution in [-0.4, -0.2) is 44.7 Å². The van der Waals surface area contributed by atoms with E-state index in [0.717, 1.165) is 25.9 Å². The Morgan fingerprint density at radius 3 is 2.12 bits per heavy atom. The maximum atomic E-state index is 12.3. The minimum atomic E-state index is -0.750. The molecule has 0 bridgehead atoms. The molecule has 0 aromatic heterocycles. The van der Waals surface area contributed by atoms with Crippen LogP contribution in [0.1, 0.15) is 12.8 Å². The third-order valence-electron chi connectivity index (χ3n) is 4.39. The number of piperidine rings is 1. The van der Waals surface area contributed by atoms with E-state index in [1.54, 1.807) is 0 Å². The highest BCUT2D eigenvalue weighted by Crippen LogP contribution is 2.31. The predicted molar refractivity (Wildman–Crippen MR) is 87.0 cm³/mol. The molecule has 3 rings (SSSR count). The van der Waals surface area contributed by atoms with E-state index in [2.05, 4.69) is 5.32 Å². The summed E-state index contributed by atoms with van der Waals surface area (Å²) in [4.78, 5) is 36.5. The van der Waals surface area contributed by atoms with Gasteiger partial charge in [0.25, 0.3) is 11.6 Å². The monoisotopic (exact) mass is 345 g/mol. The molecule has 0 aromatic rings. The third kappa shape index (κ3) is 3.28. The zero-order chi connectivity index (χ0) is 18.0. The van der Waals surface area contributed by atoms with Crippen LogP contribution in [0.3, 0.4) is 0 Å². The van der Waals surface area contributed by atoms with Crippen LogP contribution >= 0.6 is 0 Å². The Kier molecular flexibility index (Phi) is 4.85. The van der Waals surface area contributed by atoms with Crippen molar-refractivity contribution in [2.45, 2.75) is 12.8 Å². The maximum absolute atomic E-state index is 12.3. The molecular formula is C18H19NO6. The van der Waals surface area contributed by atoms with E-state index < -0.39 is 17.3 Å². The lowest BCUT2D eigenvalue weighted by Crippen LogP contribution is -2.32. The summed E-state index contributed by atoms with van der Waals surface area (Å²) in [6, 6.07) is 0. The molecule has 0 spiro atoms. The van der Waals surface area contributed by atoms with E-state index in [9.17, 15) is 14.4 Å². The molecular weight excluding hydrogens is 326 g/mol. The molecule has 0 atom stereocenters. The number of rotatable bonds is 3. The van der Waals surface area contributed by atoms with Crippen molar-refractivity contribution < 1.29 is 28.6 Å². The Morgan fingerprint density at radius 2 is 1.56 bits per heavy atom. The minimum Gasteiger partial charge on any atom is -0.492 e. The molecule has 7 nitrogen and oxygen atoms in total. The fourth-order valence-electron chi connectivity index (χ4n) is 3.01. The van der Waals surface area contributed by atoms with Gasteiger partial charge in [-0.3, -0.25) is 14.4 Å². The number of hydrogen-bond donors (Lipinski definition) is 1. The van der Waals surface area contributed by atoms with Gasteiger partial charge in [-0.15, -0.1) is 0 Å². The molecule has 0 unspecified atom stereocenters. The zero-order valence-corrected chi connectivity index (χ0v) is 14.1. The largest absolute Gasteiger partial charge is 0.492 e. The molecule has 1 fully saturated rings. The van der Waals surface area contributed by atoms with Crippen molar-refractivity contribution in [1.29, 1.82) is 0 Å². The average molecular weight is 345 g/mol. The van der Waals surface area contributed by atoms with Crippen molar-refractivity contribution in [1.82, 2.24) is 5.32 Å². The SMILES string of the molecule is COC1=CC(=C2OC(C3CCNCC3)=CC(=O)C2=O)C=C(OC)C1=O. The molecule has 1 aliphatic carbocycles. The van der Waals surface area contributed by atoms with Gasteiger partial charge in [-0.1, -0.05) is 0 Å². The molecule has 0 saturated carbocycles. The summed E-state index contributed by atoms with van der Waals surface area (Å²) in [6.07, 6.45) is 5.70. The highest BCUT2D eigenvalue weighted by Gasteiger charge is 2.34.